The first-order valence-corrected chi connectivity index (χ1v) is 13.3. The van der Waals surface area contributed by atoms with E-state index in [-0.39, 0.29) is 23.6 Å². The number of carbonyl (C=O) groups is 3. The van der Waals surface area contributed by atoms with E-state index >= 15 is 0 Å². The average molecular weight is 555 g/mol. The lowest BCUT2D eigenvalue weighted by atomic mass is 10.0. The van der Waals surface area contributed by atoms with Gasteiger partial charge >= 0.3 is 12.5 Å². The summed E-state index contributed by atoms with van der Waals surface area (Å²) < 4.78 is 47.9. The van der Waals surface area contributed by atoms with Crippen LogP contribution in [0.15, 0.2) is 18.2 Å². The second-order valence-electron chi connectivity index (χ2n) is 10.9. The number of benzene rings is 1. The number of likely N-dealkylation sites (tertiary alicyclic amines) is 2. The number of carbonyl (C=O) groups excluding carboxylic acids is 3. The zero-order chi connectivity index (χ0) is 27.6. The molecule has 13 heteroatoms. The van der Waals surface area contributed by atoms with Gasteiger partial charge in [-0.3, -0.25) is 19.4 Å². The Bertz CT molecular complexity index is 1280. The number of halogens is 3. The normalized spacial score (nSPS) is 25.9. The summed E-state index contributed by atoms with van der Waals surface area (Å²) in [4.78, 5) is 49.1. The van der Waals surface area contributed by atoms with Crippen LogP contribution in [0, 0.1) is 5.92 Å². The average Bonchev–Trinajstić information content (AvgIpc) is 3.56. The molecule has 3 fully saturated rings. The Morgan fingerprint density at radius 2 is 1.84 bits per heavy atom. The highest BCUT2D eigenvalue weighted by Crippen LogP contribution is 2.43. The topological polar surface area (TPSA) is 92.3 Å². The van der Waals surface area contributed by atoms with Gasteiger partial charge in [0.25, 0.3) is 0 Å². The molecule has 3 saturated heterocycles. The number of rotatable bonds is 3. The Morgan fingerprint density at radius 3 is 2.53 bits per heavy atom. The Labute approximate surface area is 221 Å². The van der Waals surface area contributed by atoms with E-state index in [2.05, 4.69) is 9.72 Å². The van der Waals surface area contributed by atoms with Crippen LogP contribution in [-0.4, -0.2) is 75.9 Å². The highest BCUT2D eigenvalue weighted by Gasteiger charge is 2.55. The lowest BCUT2D eigenvalue weighted by molar-refractivity contribution is -0.274. The molecule has 2 aromatic rings. The van der Waals surface area contributed by atoms with Gasteiger partial charge in [0, 0.05) is 19.2 Å². The van der Waals surface area contributed by atoms with Crippen LogP contribution in [0.5, 0.6) is 5.75 Å². The van der Waals surface area contributed by atoms with Gasteiger partial charge in [-0.15, -0.1) is 13.2 Å². The number of thiazole rings is 1. The maximum Gasteiger partial charge on any atom is 0.573 e. The van der Waals surface area contributed by atoms with E-state index in [1.54, 1.807) is 37.5 Å². The van der Waals surface area contributed by atoms with Crippen LogP contribution in [0.4, 0.5) is 23.1 Å². The zero-order valence-electron chi connectivity index (χ0n) is 21.4. The number of ether oxygens (including phenoxy) is 2. The summed E-state index contributed by atoms with van der Waals surface area (Å²) in [6.07, 6.45) is -3.59. The molecule has 5 rings (SSSR count). The van der Waals surface area contributed by atoms with Gasteiger partial charge in [-0.25, -0.2) is 9.78 Å². The first-order valence-electron chi connectivity index (χ1n) is 12.5. The quantitative estimate of drug-likeness (QED) is 0.553. The number of fused-ring (bicyclic) bond motifs is 2. The van der Waals surface area contributed by atoms with Gasteiger partial charge in [-0.2, -0.15) is 0 Å². The fraction of sp³-hybridized carbons (Fsp3) is 0.600. The molecule has 0 saturated carbocycles. The molecule has 1 aromatic heterocycles. The van der Waals surface area contributed by atoms with E-state index in [1.165, 1.54) is 23.1 Å². The number of alkyl halides is 3. The number of hydrogen-bond acceptors (Lipinski definition) is 7. The second-order valence-corrected chi connectivity index (χ2v) is 11.9. The number of anilines is 1. The molecule has 38 heavy (non-hydrogen) atoms. The Kier molecular flexibility index (Phi) is 6.48. The van der Waals surface area contributed by atoms with Crippen LogP contribution in [0.3, 0.4) is 0 Å². The van der Waals surface area contributed by atoms with Crippen molar-refractivity contribution in [1.82, 2.24) is 14.8 Å². The van der Waals surface area contributed by atoms with Crippen LogP contribution in [0.25, 0.3) is 10.2 Å². The summed E-state index contributed by atoms with van der Waals surface area (Å²) in [6, 6.07) is 2.51. The minimum absolute atomic E-state index is 0.194. The van der Waals surface area contributed by atoms with E-state index < -0.39 is 36.1 Å². The molecule has 0 bridgehead atoms. The molecule has 206 valence electrons. The first kappa shape index (κ1) is 26.5. The Balaban J connectivity index is 1.36. The van der Waals surface area contributed by atoms with Gasteiger partial charge in [-0.05, 0) is 52.2 Å². The summed E-state index contributed by atoms with van der Waals surface area (Å²) in [5.74, 6) is -1.25. The van der Waals surface area contributed by atoms with Gasteiger partial charge in [0.2, 0.25) is 11.8 Å². The van der Waals surface area contributed by atoms with Crippen molar-refractivity contribution >= 4 is 44.6 Å². The van der Waals surface area contributed by atoms with E-state index in [0.717, 1.165) is 11.3 Å². The van der Waals surface area contributed by atoms with E-state index in [9.17, 15) is 27.6 Å². The van der Waals surface area contributed by atoms with Crippen molar-refractivity contribution in [3.05, 3.63) is 18.2 Å². The van der Waals surface area contributed by atoms with Crippen LogP contribution >= 0.6 is 11.3 Å². The van der Waals surface area contributed by atoms with Gasteiger partial charge < -0.3 is 14.4 Å². The third-order valence-electron chi connectivity index (χ3n) is 7.13. The van der Waals surface area contributed by atoms with E-state index in [0.29, 0.717) is 47.7 Å². The predicted molar refractivity (Wildman–Crippen MR) is 133 cm³/mol. The number of hydrogen-bond donors (Lipinski definition) is 0. The van der Waals surface area contributed by atoms with Crippen LogP contribution in [-0.2, 0) is 14.3 Å². The molecule has 0 aliphatic carbocycles. The third kappa shape index (κ3) is 4.87. The summed E-state index contributed by atoms with van der Waals surface area (Å²) in [5.41, 5.74) is -0.233. The Hall–Kier alpha value is -3.09. The summed E-state index contributed by atoms with van der Waals surface area (Å²) in [6.45, 7) is 7.95. The number of amides is 3. The van der Waals surface area contributed by atoms with E-state index in [4.69, 9.17) is 4.74 Å². The molecular formula is C25H29F3N4O5S. The third-order valence-corrected chi connectivity index (χ3v) is 8.15. The van der Waals surface area contributed by atoms with Gasteiger partial charge in [0.05, 0.1) is 28.2 Å². The minimum Gasteiger partial charge on any atom is -0.444 e. The molecule has 0 spiro atoms. The van der Waals surface area contributed by atoms with Gasteiger partial charge in [0.15, 0.2) is 5.13 Å². The van der Waals surface area contributed by atoms with Gasteiger partial charge in [-0.1, -0.05) is 18.3 Å². The maximum atomic E-state index is 13.7. The molecule has 4 atom stereocenters. The zero-order valence-corrected chi connectivity index (χ0v) is 22.3. The molecule has 9 nitrogen and oxygen atoms in total. The van der Waals surface area contributed by atoms with Crippen molar-refractivity contribution in [3.63, 3.8) is 0 Å². The molecule has 3 amide bonds. The highest BCUT2D eigenvalue weighted by molar-refractivity contribution is 7.22. The van der Waals surface area contributed by atoms with Crippen LogP contribution in [0.1, 0.15) is 47.0 Å². The first-order chi connectivity index (χ1) is 17.7. The SMILES string of the molecule is C[C@@H]1C(=O)N(c2nc3ccc(OC(F)(F)F)cc3s2)[C@H]2CCN(C(=O)[C@@H]3CCCN3C(=O)OC(C)(C)C)[C@H]12. The van der Waals surface area contributed by atoms with Gasteiger partial charge in [0.1, 0.15) is 17.4 Å². The summed E-state index contributed by atoms with van der Waals surface area (Å²) in [5, 5.41) is 0.374. The van der Waals surface area contributed by atoms with Crippen molar-refractivity contribution in [1.29, 1.82) is 0 Å². The largest absolute Gasteiger partial charge is 0.573 e. The van der Waals surface area contributed by atoms with Crippen molar-refractivity contribution in [2.75, 3.05) is 18.0 Å². The molecule has 3 aliphatic rings. The molecule has 1 aromatic carbocycles. The van der Waals surface area contributed by atoms with Crippen molar-refractivity contribution < 1.29 is 37.0 Å². The lowest BCUT2D eigenvalue weighted by Gasteiger charge is -2.33. The smallest absolute Gasteiger partial charge is 0.444 e. The minimum atomic E-state index is -4.81. The number of nitrogens with zero attached hydrogens (tertiary/aromatic N) is 4. The summed E-state index contributed by atoms with van der Waals surface area (Å²) >= 11 is 1.11. The number of aromatic nitrogens is 1. The summed E-state index contributed by atoms with van der Waals surface area (Å²) in [7, 11) is 0. The molecule has 0 radical (unpaired) electrons. The van der Waals surface area contributed by atoms with E-state index in [1.807, 2.05) is 0 Å². The predicted octanol–water partition coefficient (Wildman–Crippen LogP) is 4.55. The molecular weight excluding hydrogens is 525 g/mol. The van der Waals surface area contributed by atoms with Crippen LogP contribution in [0.2, 0.25) is 0 Å². The van der Waals surface area contributed by atoms with Crippen LogP contribution < -0.4 is 9.64 Å². The second kappa shape index (κ2) is 9.28. The standard InChI is InChI=1S/C25H29F3N4O5S/c1-13-19-16(9-11-31(19)21(34)17-6-5-10-30(17)23(35)37-24(2,3)4)32(20(13)33)22-29-15-8-7-14(12-18(15)38-22)36-25(26,27)28/h7-8,12-13,16-17,19H,5-6,9-11H2,1-4H3/t13-,16-,17-,19+/m0/s1. The monoisotopic (exact) mass is 554 g/mol. The lowest BCUT2D eigenvalue weighted by Crippen LogP contribution is -2.52. The van der Waals surface area contributed by atoms with Crippen molar-refractivity contribution in [2.24, 2.45) is 5.92 Å². The fourth-order valence-corrected chi connectivity index (χ4v) is 6.71. The molecule has 0 N–H and O–H groups in total. The van der Waals surface area contributed by atoms with Crippen molar-refractivity contribution in [3.8, 4) is 5.75 Å². The molecule has 0 unspecified atom stereocenters. The Morgan fingerprint density at radius 1 is 1.11 bits per heavy atom. The molecule has 4 heterocycles. The fourth-order valence-electron chi connectivity index (χ4n) is 5.65. The van der Waals surface area contributed by atoms with Crippen molar-refractivity contribution in [2.45, 2.75) is 77.0 Å². The molecule has 3 aliphatic heterocycles. The maximum absolute atomic E-state index is 13.7. The highest BCUT2D eigenvalue weighted by atomic mass is 32.1.